The molecule has 4 rings (SSSR count). The number of aromatic nitrogens is 1. The number of nitrogens with one attached hydrogen (secondary N) is 2. The number of nitro groups is 1. The normalized spacial score (nSPS) is 10.8. The van der Waals surface area contributed by atoms with E-state index in [2.05, 4.69) is 28.5 Å². The van der Waals surface area contributed by atoms with Crippen molar-refractivity contribution in [3.05, 3.63) is 88.5 Å². The van der Waals surface area contributed by atoms with E-state index in [0.717, 1.165) is 39.2 Å². The van der Waals surface area contributed by atoms with Gasteiger partial charge in [-0.15, -0.1) is 0 Å². The molecular weight excluding hydrogens is 354 g/mol. The number of hydrogen-bond donors (Lipinski definition) is 2. The number of nitrogens with zero attached hydrogens (tertiary/aromatic N) is 1. The highest BCUT2D eigenvalue weighted by Crippen LogP contribution is 2.32. The summed E-state index contributed by atoms with van der Waals surface area (Å²) in [5.74, 6) is 0.738. The lowest BCUT2D eigenvalue weighted by atomic mass is 10.1. The Morgan fingerprint density at radius 2 is 1.82 bits per heavy atom. The number of fused-ring (bicyclic) bond motifs is 1. The number of methoxy groups -OCH3 is 1. The lowest BCUT2D eigenvalue weighted by Gasteiger charge is -2.13. The van der Waals surface area contributed by atoms with E-state index in [9.17, 15) is 10.1 Å². The molecule has 0 spiro atoms. The lowest BCUT2D eigenvalue weighted by molar-refractivity contribution is -0.384. The Bertz CT molecular complexity index is 1100. The first-order chi connectivity index (χ1) is 13.6. The average molecular weight is 373 g/mol. The molecular formula is C22H19N3O3. The van der Waals surface area contributed by atoms with Gasteiger partial charge in [-0.05, 0) is 35.9 Å². The summed E-state index contributed by atoms with van der Waals surface area (Å²) in [5, 5.41) is 15.3. The average Bonchev–Trinajstić information content (AvgIpc) is 3.16. The lowest BCUT2D eigenvalue weighted by Crippen LogP contribution is -2.02. The van der Waals surface area contributed by atoms with Crippen molar-refractivity contribution in [2.75, 3.05) is 12.4 Å². The molecule has 0 saturated carbocycles. The van der Waals surface area contributed by atoms with E-state index in [0.29, 0.717) is 6.54 Å². The number of non-ortho nitro benzene ring substituents is 1. The molecule has 6 heteroatoms. The van der Waals surface area contributed by atoms with Gasteiger partial charge in [0.2, 0.25) is 0 Å². The summed E-state index contributed by atoms with van der Waals surface area (Å²) < 4.78 is 5.47. The van der Waals surface area contributed by atoms with Gasteiger partial charge in [-0.25, -0.2) is 0 Å². The fourth-order valence-electron chi connectivity index (χ4n) is 3.18. The molecule has 1 aromatic heterocycles. The number of rotatable bonds is 6. The maximum absolute atomic E-state index is 10.8. The van der Waals surface area contributed by atoms with Gasteiger partial charge in [0, 0.05) is 40.8 Å². The van der Waals surface area contributed by atoms with Crippen molar-refractivity contribution in [1.82, 2.24) is 4.98 Å². The number of H-pyrrole nitrogens is 1. The van der Waals surface area contributed by atoms with Gasteiger partial charge in [0.05, 0.1) is 17.7 Å². The van der Waals surface area contributed by atoms with E-state index in [4.69, 9.17) is 4.74 Å². The first-order valence-corrected chi connectivity index (χ1v) is 8.87. The van der Waals surface area contributed by atoms with Crippen LogP contribution in [0.3, 0.4) is 0 Å². The number of aromatic amines is 1. The second-order valence-corrected chi connectivity index (χ2v) is 6.46. The fraction of sp³-hybridized carbons (Fsp3) is 0.0909. The van der Waals surface area contributed by atoms with Crippen LogP contribution in [0.25, 0.3) is 22.2 Å². The Kier molecular flexibility index (Phi) is 4.68. The van der Waals surface area contributed by atoms with E-state index < -0.39 is 4.92 Å². The first kappa shape index (κ1) is 17.6. The van der Waals surface area contributed by atoms with E-state index >= 15 is 0 Å². The summed E-state index contributed by atoms with van der Waals surface area (Å²) in [7, 11) is 1.63. The van der Waals surface area contributed by atoms with E-state index in [1.807, 2.05) is 30.3 Å². The highest BCUT2D eigenvalue weighted by atomic mass is 16.6. The molecule has 0 radical (unpaired) electrons. The van der Waals surface area contributed by atoms with Crippen molar-refractivity contribution in [1.29, 1.82) is 0 Å². The Morgan fingerprint density at radius 3 is 2.54 bits per heavy atom. The summed E-state index contributed by atoms with van der Waals surface area (Å²) in [6.45, 7) is 0.532. The summed E-state index contributed by atoms with van der Waals surface area (Å²) >= 11 is 0. The zero-order chi connectivity index (χ0) is 19.5. The monoisotopic (exact) mass is 373 g/mol. The van der Waals surface area contributed by atoms with Gasteiger partial charge in [0.1, 0.15) is 5.75 Å². The predicted octanol–water partition coefficient (Wildman–Crippen LogP) is 5.36. The van der Waals surface area contributed by atoms with Crippen molar-refractivity contribution >= 4 is 22.3 Å². The molecule has 4 aromatic rings. The van der Waals surface area contributed by atoms with E-state index in [1.54, 1.807) is 19.2 Å². The van der Waals surface area contributed by atoms with Gasteiger partial charge in [-0.3, -0.25) is 10.1 Å². The van der Waals surface area contributed by atoms with Crippen LogP contribution in [0.5, 0.6) is 5.75 Å². The van der Waals surface area contributed by atoms with E-state index in [1.165, 1.54) is 12.1 Å². The molecule has 1 heterocycles. The molecule has 0 unspecified atom stereocenters. The molecule has 140 valence electrons. The maximum Gasteiger partial charge on any atom is 0.269 e. The largest absolute Gasteiger partial charge is 0.495 e. The minimum Gasteiger partial charge on any atom is -0.495 e. The molecule has 28 heavy (non-hydrogen) atoms. The second kappa shape index (κ2) is 7.44. The van der Waals surface area contributed by atoms with Gasteiger partial charge in [0.15, 0.2) is 0 Å². The highest BCUT2D eigenvalue weighted by Gasteiger charge is 2.09. The number of ether oxygens (including phenoxy) is 1. The molecule has 0 bridgehead atoms. The number of anilines is 1. The van der Waals surface area contributed by atoms with Gasteiger partial charge in [-0.1, -0.05) is 30.3 Å². The Hall–Kier alpha value is -3.80. The highest BCUT2D eigenvalue weighted by molar-refractivity contribution is 5.86. The first-order valence-electron chi connectivity index (χ1n) is 8.87. The van der Waals surface area contributed by atoms with Crippen molar-refractivity contribution in [2.45, 2.75) is 6.54 Å². The molecule has 0 fully saturated rings. The summed E-state index contributed by atoms with van der Waals surface area (Å²) in [5.41, 5.74) is 5.06. The minimum absolute atomic E-state index is 0.0853. The number of benzene rings is 3. The van der Waals surface area contributed by atoms with Crippen LogP contribution < -0.4 is 10.1 Å². The van der Waals surface area contributed by atoms with Crippen LogP contribution in [-0.4, -0.2) is 17.0 Å². The molecule has 0 atom stereocenters. The molecule has 0 aliphatic carbocycles. The Balaban J connectivity index is 1.59. The smallest absolute Gasteiger partial charge is 0.269 e. The van der Waals surface area contributed by atoms with Crippen LogP contribution in [0.4, 0.5) is 11.4 Å². The standard InChI is InChI=1S/C22H19N3O3/c1-28-22-11-8-17(20-12-16-4-2-3-5-19(16)24-20)13-21(22)23-14-15-6-9-18(10-7-15)25(26)27/h2-13,23-24H,14H2,1H3. The zero-order valence-electron chi connectivity index (χ0n) is 15.3. The van der Waals surface area contributed by atoms with E-state index in [-0.39, 0.29) is 5.69 Å². The molecule has 2 N–H and O–H groups in total. The topological polar surface area (TPSA) is 80.2 Å². The van der Waals surface area contributed by atoms with Crippen molar-refractivity contribution in [2.24, 2.45) is 0 Å². The van der Waals surface area contributed by atoms with Gasteiger partial charge < -0.3 is 15.0 Å². The van der Waals surface area contributed by atoms with Crippen LogP contribution >= 0.6 is 0 Å². The molecule has 0 aliphatic rings. The predicted molar refractivity (Wildman–Crippen MR) is 111 cm³/mol. The van der Waals surface area contributed by atoms with Crippen LogP contribution in [-0.2, 0) is 6.54 Å². The molecule has 6 nitrogen and oxygen atoms in total. The molecule has 0 amide bonds. The van der Waals surface area contributed by atoms with Crippen LogP contribution in [0.15, 0.2) is 72.8 Å². The third-order valence-corrected chi connectivity index (χ3v) is 4.67. The van der Waals surface area contributed by atoms with Gasteiger partial charge in [0.25, 0.3) is 5.69 Å². The fourth-order valence-corrected chi connectivity index (χ4v) is 3.18. The number of nitro benzene ring substituents is 1. The summed E-state index contributed by atoms with van der Waals surface area (Å²) in [4.78, 5) is 13.8. The molecule has 0 saturated heterocycles. The molecule has 3 aromatic carbocycles. The third-order valence-electron chi connectivity index (χ3n) is 4.67. The van der Waals surface area contributed by atoms with Crippen LogP contribution in [0.2, 0.25) is 0 Å². The number of para-hydroxylation sites is 1. The second-order valence-electron chi connectivity index (χ2n) is 6.46. The maximum atomic E-state index is 10.8. The zero-order valence-corrected chi connectivity index (χ0v) is 15.3. The van der Waals surface area contributed by atoms with Crippen LogP contribution in [0, 0.1) is 10.1 Å². The quantitative estimate of drug-likeness (QED) is 0.352. The SMILES string of the molecule is COc1ccc(-c2cc3ccccc3[nH]2)cc1NCc1ccc([N+](=O)[O-])cc1. The summed E-state index contributed by atoms with van der Waals surface area (Å²) in [6.07, 6.45) is 0. The van der Waals surface area contributed by atoms with Crippen LogP contribution in [0.1, 0.15) is 5.56 Å². The Labute approximate surface area is 161 Å². The minimum atomic E-state index is -0.399. The van der Waals surface area contributed by atoms with Gasteiger partial charge in [-0.2, -0.15) is 0 Å². The number of hydrogen-bond acceptors (Lipinski definition) is 4. The summed E-state index contributed by atoms with van der Waals surface area (Å²) in [6, 6.07) is 22.8. The van der Waals surface area contributed by atoms with Crippen molar-refractivity contribution in [3.8, 4) is 17.0 Å². The van der Waals surface area contributed by atoms with Crippen molar-refractivity contribution in [3.63, 3.8) is 0 Å². The third kappa shape index (κ3) is 3.53. The van der Waals surface area contributed by atoms with Crippen molar-refractivity contribution < 1.29 is 9.66 Å². The van der Waals surface area contributed by atoms with Gasteiger partial charge >= 0.3 is 0 Å². The molecule has 0 aliphatic heterocycles. The Morgan fingerprint density at radius 1 is 1.04 bits per heavy atom.